The van der Waals surface area contributed by atoms with Gasteiger partial charge in [0.25, 0.3) is 0 Å². The lowest BCUT2D eigenvalue weighted by Gasteiger charge is -2.23. The van der Waals surface area contributed by atoms with Crippen molar-refractivity contribution >= 4 is 28.8 Å². The number of carbonyl (C=O) groups excluding carboxylic acids is 1. The van der Waals surface area contributed by atoms with Crippen LogP contribution in [0.25, 0.3) is 0 Å². The van der Waals surface area contributed by atoms with Crippen LogP contribution in [0.15, 0.2) is 47.8 Å². The molecule has 1 N–H and O–H groups in total. The van der Waals surface area contributed by atoms with E-state index in [1.165, 1.54) is 4.88 Å². The Morgan fingerprint density at radius 1 is 1.08 bits per heavy atom. The first-order valence-corrected chi connectivity index (χ1v) is 8.85. The first kappa shape index (κ1) is 15.0. The number of para-hydroxylation sites is 1. The molecule has 0 fully saturated rings. The van der Waals surface area contributed by atoms with E-state index in [2.05, 4.69) is 26.7 Å². The van der Waals surface area contributed by atoms with Crippen molar-refractivity contribution in [2.45, 2.75) is 25.7 Å². The normalized spacial score (nSPS) is 16.7. The van der Waals surface area contributed by atoms with E-state index in [1.807, 2.05) is 43.3 Å². The molecule has 0 spiro atoms. The van der Waals surface area contributed by atoms with Crippen LogP contribution >= 0.6 is 11.3 Å². The Morgan fingerprint density at radius 3 is 2.67 bits per heavy atom. The Morgan fingerprint density at radius 2 is 1.92 bits per heavy atom. The van der Waals surface area contributed by atoms with Gasteiger partial charge in [0.05, 0.1) is 17.0 Å². The van der Waals surface area contributed by atoms with E-state index in [-0.39, 0.29) is 11.7 Å². The second-order valence-corrected chi connectivity index (χ2v) is 6.97. The summed E-state index contributed by atoms with van der Waals surface area (Å²) in [5.74, 6) is 0.930. The number of aryl methyl sites for hydroxylation is 1. The fourth-order valence-electron chi connectivity index (χ4n) is 3.21. The predicted octanol–water partition coefficient (Wildman–Crippen LogP) is 4.50. The highest BCUT2D eigenvalue weighted by molar-refractivity contribution is 7.10. The second kappa shape index (κ2) is 6.17. The molecule has 0 saturated carbocycles. The third-order valence-electron chi connectivity index (χ3n) is 4.29. The fraction of sp³-hybridized carbons (Fsp3) is 0.211. The summed E-state index contributed by atoms with van der Waals surface area (Å²) in [5.41, 5.74) is 3.26. The van der Waals surface area contributed by atoms with E-state index in [4.69, 9.17) is 0 Å². The van der Waals surface area contributed by atoms with E-state index in [0.717, 1.165) is 23.5 Å². The van der Waals surface area contributed by atoms with Gasteiger partial charge in [0.15, 0.2) is 5.78 Å². The topological polar surface area (TPSA) is 54.9 Å². The molecule has 0 radical (unpaired) electrons. The Bertz CT molecular complexity index is 875. The Balaban J connectivity index is 1.68. The van der Waals surface area contributed by atoms with Crippen LogP contribution in [-0.2, 0) is 6.42 Å². The lowest BCUT2D eigenvalue weighted by molar-refractivity contribution is 0.0962. The quantitative estimate of drug-likeness (QED) is 0.765. The van der Waals surface area contributed by atoms with Gasteiger partial charge in [0.2, 0.25) is 5.95 Å². The van der Waals surface area contributed by atoms with Crippen molar-refractivity contribution in [2.75, 3.05) is 5.32 Å². The molecular weight excluding hydrogens is 318 g/mol. The molecule has 0 saturated heterocycles. The van der Waals surface area contributed by atoms with Crippen LogP contribution in [-0.4, -0.2) is 15.8 Å². The van der Waals surface area contributed by atoms with Crippen LogP contribution in [0, 0.1) is 6.92 Å². The van der Waals surface area contributed by atoms with Gasteiger partial charge in [-0.05, 0) is 36.9 Å². The summed E-state index contributed by atoms with van der Waals surface area (Å²) in [6.45, 7) is 1.89. The molecule has 0 amide bonds. The van der Waals surface area contributed by atoms with Gasteiger partial charge in [-0.2, -0.15) is 0 Å². The van der Waals surface area contributed by atoms with Crippen molar-refractivity contribution in [3.63, 3.8) is 0 Å². The maximum Gasteiger partial charge on any atom is 0.227 e. The summed E-state index contributed by atoms with van der Waals surface area (Å²) in [6.07, 6.45) is 1.33. The predicted molar refractivity (Wildman–Crippen MR) is 96.2 cm³/mol. The number of hydrogen-bond acceptors (Lipinski definition) is 5. The Hall–Kier alpha value is -2.53. The largest absolute Gasteiger partial charge is 0.324 e. The average Bonchev–Trinajstić information content (AvgIpc) is 3.09. The standard InChI is InChI=1S/C19H17N3OS/c1-12-18-15(10-13(11-16(18)23)17-8-5-9-24-17)22-19(20-12)21-14-6-3-2-4-7-14/h2-9,13H,10-11H2,1H3,(H,20,21,22)/t13-/m0/s1. The highest BCUT2D eigenvalue weighted by atomic mass is 32.1. The average molecular weight is 335 g/mol. The van der Waals surface area contributed by atoms with E-state index in [9.17, 15) is 4.79 Å². The van der Waals surface area contributed by atoms with Gasteiger partial charge in [-0.25, -0.2) is 9.97 Å². The number of fused-ring (bicyclic) bond motifs is 1. The molecule has 1 aliphatic rings. The van der Waals surface area contributed by atoms with Gasteiger partial charge in [0.1, 0.15) is 0 Å². The zero-order valence-electron chi connectivity index (χ0n) is 13.3. The zero-order chi connectivity index (χ0) is 16.5. The number of Topliss-reactive ketones (excluding diaryl/α,β-unsaturated/α-hetero) is 1. The minimum absolute atomic E-state index is 0.151. The number of nitrogens with zero attached hydrogens (tertiary/aromatic N) is 2. The first-order chi connectivity index (χ1) is 11.7. The number of benzene rings is 1. The van der Waals surface area contributed by atoms with Gasteiger partial charge >= 0.3 is 0 Å². The van der Waals surface area contributed by atoms with Gasteiger partial charge in [-0.3, -0.25) is 4.79 Å². The molecule has 0 unspecified atom stereocenters. The maximum absolute atomic E-state index is 12.6. The molecule has 1 aliphatic carbocycles. The minimum atomic E-state index is 0.151. The van der Waals surface area contributed by atoms with Crippen molar-refractivity contribution in [3.8, 4) is 0 Å². The lowest BCUT2D eigenvalue weighted by atomic mass is 9.84. The van der Waals surface area contributed by atoms with E-state index < -0.39 is 0 Å². The van der Waals surface area contributed by atoms with Gasteiger partial charge in [-0.15, -0.1) is 11.3 Å². The van der Waals surface area contributed by atoms with Crippen molar-refractivity contribution < 1.29 is 4.79 Å². The van der Waals surface area contributed by atoms with Crippen LogP contribution in [0.2, 0.25) is 0 Å². The maximum atomic E-state index is 12.6. The van der Waals surface area contributed by atoms with Crippen molar-refractivity contribution in [3.05, 3.63) is 69.7 Å². The number of thiophene rings is 1. The van der Waals surface area contributed by atoms with Crippen molar-refractivity contribution in [1.29, 1.82) is 0 Å². The molecule has 5 heteroatoms. The van der Waals surface area contributed by atoms with E-state index in [1.54, 1.807) is 11.3 Å². The summed E-state index contributed by atoms with van der Waals surface area (Å²) in [6, 6.07) is 14.0. The molecule has 0 bridgehead atoms. The fourth-order valence-corrected chi connectivity index (χ4v) is 4.04. The number of carbonyl (C=O) groups is 1. The summed E-state index contributed by atoms with van der Waals surface area (Å²) in [7, 11) is 0. The molecule has 1 aromatic carbocycles. The van der Waals surface area contributed by atoms with Gasteiger partial charge < -0.3 is 5.32 Å². The zero-order valence-corrected chi connectivity index (χ0v) is 14.1. The third kappa shape index (κ3) is 2.83. The van der Waals surface area contributed by atoms with Gasteiger partial charge in [0, 0.05) is 22.9 Å². The first-order valence-electron chi connectivity index (χ1n) is 7.97. The summed E-state index contributed by atoms with van der Waals surface area (Å²) in [4.78, 5) is 23.0. The van der Waals surface area contributed by atoms with Crippen LogP contribution in [0.3, 0.4) is 0 Å². The monoisotopic (exact) mass is 335 g/mol. The number of ketones is 1. The van der Waals surface area contributed by atoms with Crippen LogP contribution in [0.4, 0.5) is 11.6 Å². The van der Waals surface area contributed by atoms with Gasteiger partial charge in [-0.1, -0.05) is 24.3 Å². The van der Waals surface area contributed by atoms with Crippen LogP contribution < -0.4 is 5.32 Å². The molecule has 120 valence electrons. The highest BCUT2D eigenvalue weighted by Gasteiger charge is 2.30. The van der Waals surface area contributed by atoms with E-state index >= 15 is 0 Å². The number of aromatic nitrogens is 2. The van der Waals surface area contributed by atoms with E-state index in [0.29, 0.717) is 17.9 Å². The molecule has 2 heterocycles. The molecule has 3 aromatic rings. The van der Waals surface area contributed by atoms with Crippen molar-refractivity contribution in [1.82, 2.24) is 9.97 Å². The summed E-state index contributed by atoms with van der Waals surface area (Å²) in [5, 5.41) is 5.29. The minimum Gasteiger partial charge on any atom is -0.324 e. The SMILES string of the molecule is Cc1nc(Nc2ccccc2)nc2c1C(=O)C[C@@H](c1cccs1)C2. The highest BCUT2D eigenvalue weighted by Crippen LogP contribution is 2.35. The molecule has 4 rings (SSSR count). The number of nitrogens with one attached hydrogen (secondary N) is 1. The van der Waals surface area contributed by atoms with Crippen molar-refractivity contribution in [2.24, 2.45) is 0 Å². The summed E-state index contributed by atoms with van der Waals surface area (Å²) >= 11 is 1.71. The number of rotatable bonds is 3. The molecular formula is C19H17N3OS. The molecule has 0 aliphatic heterocycles. The Kier molecular flexibility index (Phi) is 3.86. The number of hydrogen-bond donors (Lipinski definition) is 1. The van der Waals surface area contributed by atoms with Crippen LogP contribution in [0.5, 0.6) is 0 Å². The molecule has 4 nitrogen and oxygen atoms in total. The Labute approximate surface area is 144 Å². The lowest BCUT2D eigenvalue weighted by Crippen LogP contribution is -2.22. The molecule has 24 heavy (non-hydrogen) atoms. The smallest absolute Gasteiger partial charge is 0.227 e. The third-order valence-corrected chi connectivity index (χ3v) is 5.33. The molecule has 1 atom stereocenters. The van der Waals surface area contributed by atoms with Crippen LogP contribution in [0.1, 0.15) is 39.0 Å². The second-order valence-electron chi connectivity index (χ2n) is 5.99. The summed E-state index contributed by atoms with van der Waals surface area (Å²) < 4.78 is 0. The molecule has 2 aromatic heterocycles. The number of anilines is 2.